The van der Waals surface area contributed by atoms with Crippen LogP contribution in [0.25, 0.3) is 0 Å². The average molecular weight is 234 g/mol. The molecule has 1 fully saturated rings. The van der Waals surface area contributed by atoms with Gasteiger partial charge in [-0.1, -0.05) is 13.0 Å². The molecule has 2 rings (SSSR count). The molecule has 0 spiro atoms. The van der Waals surface area contributed by atoms with Crippen molar-refractivity contribution in [2.45, 2.75) is 26.3 Å². The van der Waals surface area contributed by atoms with Gasteiger partial charge < -0.3 is 15.8 Å². The van der Waals surface area contributed by atoms with E-state index in [1.54, 1.807) is 13.0 Å². The number of nitrogen functional groups attached to an aromatic ring is 1. The Morgan fingerprint density at radius 2 is 2.29 bits per heavy atom. The number of anilines is 2. The molecule has 0 bridgehead atoms. The zero-order valence-corrected chi connectivity index (χ0v) is 10.2. The van der Waals surface area contributed by atoms with Gasteiger partial charge in [-0.25, -0.2) is 4.79 Å². The Bertz CT molecular complexity index is 431. The first-order valence-electron chi connectivity index (χ1n) is 5.95. The maximum atomic E-state index is 11.7. The van der Waals surface area contributed by atoms with Crippen molar-refractivity contribution in [2.24, 2.45) is 5.92 Å². The molecule has 1 aliphatic carbocycles. The molecule has 1 aromatic carbocycles. The summed E-state index contributed by atoms with van der Waals surface area (Å²) >= 11 is 0. The van der Waals surface area contributed by atoms with Gasteiger partial charge in [0.2, 0.25) is 0 Å². The van der Waals surface area contributed by atoms with Crippen molar-refractivity contribution in [1.82, 2.24) is 0 Å². The van der Waals surface area contributed by atoms with E-state index < -0.39 is 0 Å². The predicted molar refractivity (Wildman–Crippen MR) is 68.0 cm³/mol. The van der Waals surface area contributed by atoms with Crippen LogP contribution in [-0.4, -0.2) is 18.6 Å². The third kappa shape index (κ3) is 2.52. The molecule has 1 saturated carbocycles. The van der Waals surface area contributed by atoms with E-state index in [1.165, 1.54) is 0 Å². The van der Waals surface area contributed by atoms with E-state index in [2.05, 4.69) is 12.2 Å². The van der Waals surface area contributed by atoms with E-state index in [0.29, 0.717) is 29.8 Å². The highest BCUT2D eigenvalue weighted by molar-refractivity contribution is 5.98. The lowest BCUT2D eigenvalue weighted by Gasteiger charge is -2.12. The van der Waals surface area contributed by atoms with Crippen LogP contribution in [0.4, 0.5) is 11.4 Å². The Kier molecular flexibility index (Phi) is 3.22. The van der Waals surface area contributed by atoms with E-state index in [9.17, 15) is 4.79 Å². The molecule has 17 heavy (non-hydrogen) atoms. The minimum atomic E-state index is -0.363. The second-order valence-corrected chi connectivity index (χ2v) is 4.45. The van der Waals surface area contributed by atoms with Gasteiger partial charge >= 0.3 is 5.97 Å². The molecule has 0 aliphatic heterocycles. The van der Waals surface area contributed by atoms with Crippen LogP contribution < -0.4 is 11.1 Å². The van der Waals surface area contributed by atoms with Crippen molar-refractivity contribution in [3.05, 3.63) is 23.8 Å². The largest absolute Gasteiger partial charge is 0.462 e. The number of rotatable bonds is 4. The summed E-state index contributed by atoms with van der Waals surface area (Å²) < 4.78 is 4.96. The fourth-order valence-corrected chi connectivity index (χ4v) is 1.80. The number of hydrogen-bond donors (Lipinski definition) is 2. The number of nitrogens with two attached hydrogens (primary N) is 1. The standard InChI is InChI=1S/C13H18N2O2/c1-3-17-13(16)9-5-4-6-10(12(9)14)15-11-7-8(11)2/h4-6,8,11,15H,3,7,14H2,1-2H3. The quantitative estimate of drug-likeness (QED) is 0.619. The van der Waals surface area contributed by atoms with Gasteiger partial charge in [-0.3, -0.25) is 0 Å². The van der Waals surface area contributed by atoms with E-state index in [1.807, 2.05) is 12.1 Å². The Hall–Kier alpha value is -1.71. The first-order chi connectivity index (χ1) is 8.13. The number of para-hydroxylation sites is 1. The molecule has 0 amide bonds. The number of benzene rings is 1. The van der Waals surface area contributed by atoms with E-state index in [0.717, 1.165) is 12.1 Å². The molecule has 1 aromatic rings. The van der Waals surface area contributed by atoms with Crippen molar-refractivity contribution in [2.75, 3.05) is 17.7 Å². The van der Waals surface area contributed by atoms with Gasteiger partial charge in [-0.2, -0.15) is 0 Å². The van der Waals surface area contributed by atoms with Crippen LogP contribution in [-0.2, 0) is 4.74 Å². The second kappa shape index (κ2) is 4.65. The highest BCUT2D eigenvalue weighted by Gasteiger charge is 2.32. The third-order valence-electron chi connectivity index (χ3n) is 3.05. The molecule has 4 nitrogen and oxygen atoms in total. The number of ether oxygens (including phenoxy) is 1. The Labute approximate surface area is 101 Å². The Morgan fingerprint density at radius 1 is 1.59 bits per heavy atom. The van der Waals surface area contributed by atoms with Crippen molar-refractivity contribution < 1.29 is 9.53 Å². The van der Waals surface area contributed by atoms with Crippen LogP contribution >= 0.6 is 0 Å². The van der Waals surface area contributed by atoms with Gasteiger partial charge in [0.15, 0.2) is 0 Å². The molecule has 2 atom stereocenters. The maximum Gasteiger partial charge on any atom is 0.340 e. The number of carbonyl (C=O) groups excluding carboxylic acids is 1. The summed E-state index contributed by atoms with van der Waals surface area (Å²) in [5.74, 6) is 0.318. The zero-order chi connectivity index (χ0) is 12.4. The predicted octanol–water partition coefficient (Wildman–Crippen LogP) is 2.27. The average Bonchev–Trinajstić information content (AvgIpc) is 2.98. The van der Waals surface area contributed by atoms with Crippen molar-refractivity contribution in [3.8, 4) is 0 Å². The van der Waals surface area contributed by atoms with Gasteiger partial charge in [-0.05, 0) is 31.4 Å². The molecule has 4 heteroatoms. The van der Waals surface area contributed by atoms with Gasteiger partial charge in [0.1, 0.15) is 0 Å². The summed E-state index contributed by atoms with van der Waals surface area (Å²) in [4.78, 5) is 11.7. The van der Waals surface area contributed by atoms with E-state index >= 15 is 0 Å². The fraction of sp³-hybridized carbons (Fsp3) is 0.462. The van der Waals surface area contributed by atoms with Crippen molar-refractivity contribution in [3.63, 3.8) is 0 Å². The van der Waals surface area contributed by atoms with Crippen LogP contribution in [0.1, 0.15) is 30.6 Å². The zero-order valence-electron chi connectivity index (χ0n) is 10.2. The van der Waals surface area contributed by atoms with Gasteiger partial charge in [0.25, 0.3) is 0 Å². The molecule has 0 aromatic heterocycles. The first-order valence-corrected chi connectivity index (χ1v) is 5.95. The van der Waals surface area contributed by atoms with E-state index in [-0.39, 0.29) is 5.97 Å². The number of carbonyl (C=O) groups is 1. The Balaban J connectivity index is 2.17. The second-order valence-electron chi connectivity index (χ2n) is 4.45. The highest BCUT2D eigenvalue weighted by Crippen LogP contribution is 2.35. The molecular formula is C13H18N2O2. The SMILES string of the molecule is CCOC(=O)c1cccc(NC2CC2C)c1N. The summed E-state index contributed by atoms with van der Waals surface area (Å²) in [5.41, 5.74) is 7.71. The Morgan fingerprint density at radius 3 is 2.88 bits per heavy atom. The third-order valence-corrected chi connectivity index (χ3v) is 3.05. The van der Waals surface area contributed by atoms with Crippen molar-refractivity contribution >= 4 is 17.3 Å². The molecule has 0 saturated heterocycles. The molecule has 0 heterocycles. The number of nitrogens with one attached hydrogen (secondary N) is 1. The lowest BCUT2D eigenvalue weighted by atomic mass is 10.1. The summed E-state index contributed by atoms with van der Waals surface area (Å²) in [6.07, 6.45) is 1.16. The minimum absolute atomic E-state index is 0.357. The van der Waals surface area contributed by atoms with Crippen LogP contribution in [0, 0.1) is 5.92 Å². The summed E-state index contributed by atoms with van der Waals surface area (Å²) in [7, 11) is 0. The van der Waals surface area contributed by atoms with Crippen LogP contribution in [0.5, 0.6) is 0 Å². The molecule has 3 N–H and O–H groups in total. The fourth-order valence-electron chi connectivity index (χ4n) is 1.80. The lowest BCUT2D eigenvalue weighted by Crippen LogP contribution is -2.12. The summed E-state index contributed by atoms with van der Waals surface area (Å²) in [6, 6.07) is 5.88. The lowest BCUT2D eigenvalue weighted by molar-refractivity contribution is 0.0527. The van der Waals surface area contributed by atoms with Gasteiger partial charge in [-0.15, -0.1) is 0 Å². The van der Waals surface area contributed by atoms with Gasteiger partial charge in [0, 0.05) is 6.04 Å². The van der Waals surface area contributed by atoms with Crippen LogP contribution in [0.15, 0.2) is 18.2 Å². The number of hydrogen-bond acceptors (Lipinski definition) is 4. The molecule has 1 aliphatic rings. The van der Waals surface area contributed by atoms with E-state index in [4.69, 9.17) is 10.5 Å². The molecular weight excluding hydrogens is 216 g/mol. The molecule has 0 radical (unpaired) electrons. The normalized spacial score (nSPS) is 22.0. The summed E-state index contributed by atoms with van der Waals surface area (Å²) in [5, 5.41) is 3.34. The number of esters is 1. The van der Waals surface area contributed by atoms with Crippen LogP contribution in [0.3, 0.4) is 0 Å². The van der Waals surface area contributed by atoms with Gasteiger partial charge in [0.05, 0.1) is 23.5 Å². The monoisotopic (exact) mass is 234 g/mol. The minimum Gasteiger partial charge on any atom is -0.462 e. The first kappa shape index (κ1) is 11.8. The molecule has 2 unspecified atom stereocenters. The van der Waals surface area contributed by atoms with Crippen molar-refractivity contribution in [1.29, 1.82) is 0 Å². The topological polar surface area (TPSA) is 64.3 Å². The van der Waals surface area contributed by atoms with Crippen LogP contribution in [0.2, 0.25) is 0 Å². The molecule has 92 valence electrons. The maximum absolute atomic E-state index is 11.7. The highest BCUT2D eigenvalue weighted by atomic mass is 16.5. The summed E-state index contributed by atoms with van der Waals surface area (Å²) in [6.45, 7) is 4.32. The smallest absolute Gasteiger partial charge is 0.340 e.